The molecule has 0 radical (unpaired) electrons. The van der Waals surface area contributed by atoms with Gasteiger partial charge in [-0.25, -0.2) is 0 Å². The van der Waals surface area contributed by atoms with Crippen LogP contribution < -0.4 is 0 Å². The van der Waals surface area contributed by atoms with E-state index in [1.165, 1.54) is 32.0 Å². The molecule has 0 atom stereocenters. The van der Waals surface area contributed by atoms with Gasteiger partial charge in [0.2, 0.25) is 0 Å². The molecule has 0 N–H and O–H groups in total. The van der Waals surface area contributed by atoms with Gasteiger partial charge in [0, 0.05) is 5.41 Å². The van der Waals surface area contributed by atoms with E-state index in [4.69, 9.17) is 0 Å². The minimum atomic E-state index is -0.0532. The Morgan fingerprint density at radius 3 is 2.23 bits per heavy atom. The van der Waals surface area contributed by atoms with Crippen LogP contribution in [0, 0.1) is 5.41 Å². The number of rotatable bonds is 3. The van der Waals surface area contributed by atoms with Crippen molar-refractivity contribution in [2.75, 3.05) is 0 Å². The predicted octanol–water partition coefficient (Wildman–Crippen LogP) is 3.49. The van der Waals surface area contributed by atoms with Gasteiger partial charge in [0.25, 0.3) is 0 Å². The first-order chi connectivity index (χ1) is 6.18. The van der Waals surface area contributed by atoms with Crippen molar-refractivity contribution in [3.8, 4) is 0 Å². The van der Waals surface area contributed by atoms with Crippen molar-refractivity contribution in [1.29, 1.82) is 0 Å². The fourth-order valence-corrected chi connectivity index (χ4v) is 2.37. The van der Waals surface area contributed by atoms with Crippen LogP contribution in [0.3, 0.4) is 0 Å². The summed E-state index contributed by atoms with van der Waals surface area (Å²) in [5.41, 5.74) is 1.09. The molecule has 13 heavy (non-hydrogen) atoms. The largest absolute Gasteiger partial charge is 0.303 e. The first kappa shape index (κ1) is 10.5. The van der Waals surface area contributed by atoms with Crippen molar-refractivity contribution < 1.29 is 4.79 Å². The topological polar surface area (TPSA) is 17.1 Å². The van der Waals surface area contributed by atoms with Crippen molar-refractivity contribution in [2.24, 2.45) is 5.41 Å². The molecule has 74 valence electrons. The second-order valence-corrected chi connectivity index (χ2v) is 4.53. The van der Waals surface area contributed by atoms with Gasteiger partial charge < -0.3 is 4.79 Å². The standard InChI is InChI=1S/C12H20O/c1-11(2)9-12(10-13)7-5-3-4-6-8-12/h10H,1,3-9H2,2H3. The van der Waals surface area contributed by atoms with Crippen LogP contribution in [0.15, 0.2) is 12.2 Å². The maximum absolute atomic E-state index is 11.1. The van der Waals surface area contributed by atoms with Crippen LogP contribution in [-0.4, -0.2) is 6.29 Å². The van der Waals surface area contributed by atoms with Crippen molar-refractivity contribution in [3.63, 3.8) is 0 Å². The normalized spacial score (nSPS) is 21.9. The van der Waals surface area contributed by atoms with Crippen molar-refractivity contribution in [2.45, 2.75) is 51.9 Å². The van der Waals surface area contributed by atoms with Crippen molar-refractivity contribution >= 4 is 6.29 Å². The number of allylic oxidation sites excluding steroid dienone is 1. The average molecular weight is 180 g/mol. The first-order valence-electron chi connectivity index (χ1n) is 5.29. The lowest BCUT2D eigenvalue weighted by Crippen LogP contribution is -2.21. The van der Waals surface area contributed by atoms with Crippen LogP contribution in [0.25, 0.3) is 0 Å². The molecule has 1 aliphatic carbocycles. The SMILES string of the molecule is C=C(C)CC1(C=O)CCCCCC1. The van der Waals surface area contributed by atoms with E-state index in [2.05, 4.69) is 6.58 Å². The maximum atomic E-state index is 11.1. The summed E-state index contributed by atoms with van der Waals surface area (Å²) in [5, 5.41) is 0. The molecule has 0 aromatic heterocycles. The number of hydrogen-bond acceptors (Lipinski definition) is 1. The van der Waals surface area contributed by atoms with Crippen LogP contribution in [0.1, 0.15) is 51.9 Å². The predicted molar refractivity (Wildman–Crippen MR) is 55.6 cm³/mol. The van der Waals surface area contributed by atoms with Gasteiger partial charge in [0.15, 0.2) is 0 Å². The van der Waals surface area contributed by atoms with Crippen LogP contribution in [0.4, 0.5) is 0 Å². The highest BCUT2D eigenvalue weighted by Gasteiger charge is 2.30. The molecular weight excluding hydrogens is 160 g/mol. The number of carbonyl (C=O) groups excluding carboxylic acids is 1. The quantitative estimate of drug-likeness (QED) is 0.369. The van der Waals surface area contributed by atoms with E-state index in [0.29, 0.717) is 0 Å². The Morgan fingerprint density at radius 1 is 1.31 bits per heavy atom. The van der Waals surface area contributed by atoms with E-state index in [0.717, 1.165) is 24.8 Å². The van der Waals surface area contributed by atoms with Gasteiger partial charge in [-0.3, -0.25) is 0 Å². The summed E-state index contributed by atoms with van der Waals surface area (Å²) in [6.45, 7) is 5.94. The molecule has 0 amide bonds. The number of hydrogen-bond donors (Lipinski definition) is 0. The molecule has 1 saturated carbocycles. The Kier molecular flexibility index (Phi) is 3.71. The van der Waals surface area contributed by atoms with Gasteiger partial charge >= 0.3 is 0 Å². The number of carbonyl (C=O) groups is 1. The van der Waals surface area contributed by atoms with E-state index < -0.39 is 0 Å². The Balaban J connectivity index is 2.64. The van der Waals surface area contributed by atoms with Crippen molar-refractivity contribution in [3.05, 3.63) is 12.2 Å². The van der Waals surface area contributed by atoms with Crippen molar-refractivity contribution in [1.82, 2.24) is 0 Å². The molecule has 0 aromatic rings. The Labute approximate surface area is 81.2 Å². The fourth-order valence-electron chi connectivity index (χ4n) is 2.37. The molecule has 0 aromatic carbocycles. The van der Waals surface area contributed by atoms with E-state index in [-0.39, 0.29) is 5.41 Å². The van der Waals surface area contributed by atoms with Gasteiger partial charge in [-0.05, 0) is 26.2 Å². The number of aldehydes is 1. The van der Waals surface area contributed by atoms with Crippen LogP contribution in [-0.2, 0) is 4.79 Å². The summed E-state index contributed by atoms with van der Waals surface area (Å²) in [6.07, 6.45) is 9.26. The van der Waals surface area contributed by atoms with Crippen LogP contribution in [0.2, 0.25) is 0 Å². The third-order valence-corrected chi connectivity index (χ3v) is 3.00. The highest BCUT2D eigenvalue weighted by atomic mass is 16.1. The van der Waals surface area contributed by atoms with E-state index in [1.54, 1.807) is 0 Å². The molecular formula is C12H20O. The zero-order valence-corrected chi connectivity index (χ0v) is 8.64. The van der Waals surface area contributed by atoms with Gasteiger partial charge in [-0.15, -0.1) is 6.58 Å². The van der Waals surface area contributed by atoms with Gasteiger partial charge in [-0.1, -0.05) is 31.3 Å². The molecule has 0 unspecified atom stereocenters. The highest BCUT2D eigenvalue weighted by molar-refractivity contribution is 5.60. The second kappa shape index (κ2) is 4.59. The second-order valence-electron chi connectivity index (χ2n) is 4.53. The molecule has 0 spiro atoms. The molecule has 1 aliphatic rings. The van der Waals surface area contributed by atoms with E-state index in [1.807, 2.05) is 6.92 Å². The van der Waals surface area contributed by atoms with Crippen LogP contribution >= 0.6 is 0 Å². The minimum absolute atomic E-state index is 0.0532. The highest BCUT2D eigenvalue weighted by Crippen LogP contribution is 2.37. The average Bonchev–Trinajstić information content (AvgIpc) is 2.30. The third kappa shape index (κ3) is 2.98. The lowest BCUT2D eigenvalue weighted by atomic mass is 9.77. The molecule has 1 heteroatoms. The third-order valence-electron chi connectivity index (χ3n) is 3.00. The molecule has 0 bridgehead atoms. The Morgan fingerprint density at radius 2 is 1.85 bits per heavy atom. The summed E-state index contributed by atoms with van der Waals surface area (Å²) < 4.78 is 0. The fraction of sp³-hybridized carbons (Fsp3) is 0.750. The summed E-state index contributed by atoms with van der Waals surface area (Å²) >= 11 is 0. The van der Waals surface area contributed by atoms with Crippen LogP contribution in [0.5, 0.6) is 0 Å². The Hall–Kier alpha value is -0.590. The monoisotopic (exact) mass is 180 g/mol. The first-order valence-corrected chi connectivity index (χ1v) is 5.29. The lowest BCUT2D eigenvalue weighted by Gasteiger charge is -2.26. The van der Waals surface area contributed by atoms with Gasteiger partial charge in [0.1, 0.15) is 6.29 Å². The molecule has 0 saturated heterocycles. The zero-order chi connectivity index (χ0) is 9.73. The van der Waals surface area contributed by atoms with E-state index in [9.17, 15) is 4.79 Å². The van der Waals surface area contributed by atoms with E-state index >= 15 is 0 Å². The molecule has 0 heterocycles. The minimum Gasteiger partial charge on any atom is -0.303 e. The zero-order valence-electron chi connectivity index (χ0n) is 8.64. The van der Waals surface area contributed by atoms with Gasteiger partial charge in [-0.2, -0.15) is 0 Å². The Bertz CT molecular complexity index is 185. The van der Waals surface area contributed by atoms with Gasteiger partial charge in [0.05, 0.1) is 0 Å². The summed E-state index contributed by atoms with van der Waals surface area (Å²) in [6, 6.07) is 0. The molecule has 1 fully saturated rings. The molecule has 1 rings (SSSR count). The summed E-state index contributed by atoms with van der Waals surface area (Å²) in [4.78, 5) is 11.1. The smallest absolute Gasteiger partial charge is 0.126 e. The molecule has 0 aliphatic heterocycles. The molecule has 1 nitrogen and oxygen atoms in total. The summed E-state index contributed by atoms with van der Waals surface area (Å²) in [7, 11) is 0. The summed E-state index contributed by atoms with van der Waals surface area (Å²) in [5.74, 6) is 0. The lowest BCUT2D eigenvalue weighted by molar-refractivity contribution is -0.116. The maximum Gasteiger partial charge on any atom is 0.126 e.